The summed E-state index contributed by atoms with van der Waals surface area (Å²) in [5, 5.41) is 0. The smallest absolute Gasteiger partial charge is 0.200 e. The van der Waals surface area contributed by atoms with E-state index in [9.17, 15) is 22.0 Å². The second-order valence-corrected chi connectivity index (χ2v) is 7.97. The van der Waals surface area contributed by atoms with Gasteiger partial charge < -0.3 is 4.74 Å². The van der Waals surface area contributed by atoms with Crippen molar-refractivity contribution in [2.24, 2.45) is 0 Å². The van der Waals surface area contributed by atoms with Crippen molar-refractivity contribution >= 4 is 0 Å². The molecule has 0 fully saturated rings. The molecule has 1 unspecified atom stereocenters. The van der Waals surface area contributed by atoms with Crippen LogP contribution in [-0.4, -0.2) is 0 Å². The van der Waals surface area contributed by atoms with Crippen LogP contribution in [0.5, 0.6) is 0 Å². The summed E-state index contributed by atoms with van der Waals surface area (Å²) in [7, 11) is 0. The maximum atomic E-state index is 15.2. The van der Waals surface area contributed by atoms with Gasteiger partial charge in [0.25, 0.3) is 0 Å². The van der Waals surface area contributed by atoms with Gasteiger partial charge in [0.1, 0.15) is 6.10 Å². The van der Waals surface area contributed by atoms with Crippen LogP contribution in [0.4, 0.5) is 39.5 Å². The van der Waals surface area contributed by atoms with E-state index in [4.69, 9.17) is 4.74 Å². The molecule has 0 spiro atoms. The predicted molar refractivity (Wildman–Crippen MR) is 115 cm³/mol. The molecule has 0 heterocycles. The zero-order valence-corrected chi connectivity index (χ0v) is 18.6. The van der Waals surface area contributed by atoms with Crippen LogP contribution in [0.1, 0.15) is 33.9 Å². The molecule has 0 aliphatic heterocycles. The third-order valence-corrected chi connectivity index (χ3v) is 5.64. The first kappa shape index (κ1) is 26.3. The van der Waals surface area contributed by atoms with E-state index in [1.807, 2.05) is 0 Å². The Balaban J connectivity index is 1.91. The molecule has 0 bridgehead atoms. The van der Waals surface area contributed by atoms with Crippen LogP contribution in [0, 0.1) is 52.4 Å². The summed E-state index contributed by atoms with van der Waals surface area (Å²) in [4.78, 5) is 0. The third-order valence-electron chi connectivity index (χ3n) is 5.64. The molecule has 0 aliphatic carbocycles. The van der Waals surface area contributed by atoms with E-state index in [2.05, 4.69) is 0 Å². The van der Waals surface area contributed by atoms with Crippen LogP contribution < -0.4 is 0 Å². The lowest BCUT2D eigenvalue weighted by molar-refractivity contribution is 0.0545. The summed E-state index contributed by atoms with van der Waals surface area (Å²) in [5.41, 5.74) is -3.99. The van der Waals surface area contributed by atoms with Gasteiger partial charge in [-0.05, 0) is 11.1 Å². The molecule has 192 valence electrons. The molecular formula is C27H15F9O. The average molecular weight is 526 g/mol. The number of rotatable bonds is 7. The molecule has 0 saturated carbocycles. The lowest BCUT2D eigenvalue weighted by Gasteiger charge is -2.23. The van der Waals surface area contributed by atoms with Crippen molar-refractivity contribution in [3.8, 4) is 0 Å². The minimum absolute atomic E-state index is 0.263. The second kappa shape index (κ2) is 10.7. The molecule has 0 aliphatic rings. The largest absolute Gasteiger partial charge is 0.364 e. The molecule has 10 heteroatoms. The van der Waals surface area contributed by atoms with Crippen LogP contribution in [0.15, 0.2) is 60.7 Å². The lowest BCUT2D eigenvalue weighted by atomic mass is 9.94. The topological polar surface area (TPSA) is 9.23 Å². The third kappa shape index (κ3) is 4.93. The summed E-state index contributed by atoms with van der Waals surface area (Å²) in [6.07, 6.45) is -3.34. The fourth-order valence-electron chi connectivity index (χ4n) is 3.80. The Bertz CT molecular complexity index is 1380. The summed E-state index contributed by atoms with van der Waals surface area (Å²) in [6.45, 7) is -0.668. The minimum Gasteiger partial charge on any atom is -0.364 e. The van der Waals surface area contributed by atoms with Crippen molar-refractivity contribution in [1.82, 2.24) is 0 Å². The first-order valence-electron chi connectivity index (χ1n) is 10.7. The Morgan fingerprint density at radius 3 is 1.30 bits per heavy atom. The quantitative estimate of drug-likeness (QED) is 0.136. The van der Waals surface area contributed by atoms with Crippen molar-refractivity contribution in [3.63, 3.8) is 0 Å². The van der Waals surface area contributed by atoms with E-state index in [-0.39, 0.29) is 11.1 Å². The Hall–Kier alpha value is -3.79. The van der Waals surface area contributed by atoms with Crippen LogP contribution in [-0.2, 0) is 17.8 Å². The fourth-order valence-corrected chi connectivity index (χ4v) is 3.80. The van der Waals surface area contributed by atoms with E-state index in [1.54, 1.807) is 12.1 Å². The van der Waals surface area contributed by atoms with Gasteiger partial charge in [-0.2, -0.15) is 0 Å². The molecule has 1 atom stereocenters. The number of halogens is 9. The molecule has 4 rings (SSSR count). The highest BCUT2D eigenvalue weighted by atomic mass is 19.2. The Morgan fingerprint density at radius 1 is 0.459 bits per heavy atom. The molecule has 4 aromatic carbocycles. The number of benzene rings is 4. The summed E-state index contributed by atoms with van der Waals surface area (Å²) in [5.74, 6) is -20.3. The Labute approximate surface area is 204 Å². The second-order valence-electron chi connectivity index (χ2n) is 7.97. The SMILES string of the molecule is Fc1c(F)c(F)c(C(OCc2ccccc2)c2c(F)c(F)c(Cc3ccccc3)c(F)c2F)c(F)c1F. The van der Waals surface area contributed by atoms with Gasteiger partial charge in [-0.15, -0.1) is 0 Å². The average Bonchev–Trinajstić information content (AvgIpc) is 2.91. The van der Waals surface area contributed by atoms with Gasteiger partial charge in [-0.3, -0.25) is 0 Å². The van der Waals surface area contributed by atoms with Crippen molar-refractivity contribution in [2.75, 3.05) is 0 Å². The summed E-state index contributed by atoms with van der Waals surface area (Å²) >= 11 is 0. The van der Waals surface area contributed by atoms with Gasteiger partial charge in [-0.25, -0.2) is 39.5 Å². The maximum absolute atomic E-state index is 15.2. The van der Waals surface area contributed by atoms with Crippen molar-refractivity contribution in [3.05, 3.63) is 141 Å². The van der Waals surface area contributed by atoms with Gasteiger partial charge in [-0.1, -0.05) is 60.7 Å². The van der Waals surface area contributed by atoms with Gasteiger partial charge in [0.15, 0.2) is 46.5 Å². The van der Waals surface area contributed by atoms with Gasteiger partial charge in [0.05, 0.1) is 17.7 Å². The summed E-state index contributed by atoms with van der Waals surface area (Å²) in [6, 6.07) is 14.9. The molecule has 0 amide bonds. The molecule has 37 heavy (non-hydrogen) atoms. The highest BCUT2D eigenvalue weighted by Gasteiger charge is 2.38. The zero-order valence-electron chi connectivity index (χ0n) is 18.6. The zero-order chi connectivity index (χ0) is 26.9. The molecule has 0 aromatic heterocycles. The van der Waals surface area contributed by atoms with E-state index in [0.717, 1.165) is 0 Å². The van der Waals surface area contributed by atoms with Crippen LogP contribution in [0.3, 0.4) is 0 Å². The molecular weight excluding hydrogens is 511 g/mol. The molecule has 1 nitrogen and oxygen atoms in total. The van der Waals surface area contributed by atoms with Crippen molar-refractivity contribution < 1.29 is 44.3 Å². The molecule has 0 radical (unpaired) electrons. The van der Waals surface area contributed by atoms with Gasteiger partial charge in [0, 0.05) is 12.0 Å². The van der Waals surface area contributed by atoms with Crippen LogP contribution in [0.2, 0.25) is 0 Å². The fraction of sp³-hybridized carbons (Fsp3) is 0.111. The minimum atomic E-state index is -2.75. The van der Waals surface area contributed by atoms with Crippen molar-refractivity contribution in [2.45, 2.75) is 19.1 Å². The Morgan fingerprint density at radius 2 is 0.838 bits per heavy atom. The van der Waals surface area contributed by atoms with Gasteiger partial charge >= 0.3 is 0 Å². The standard InChI is InChI=1S/C27H15F9O/c28-18-15(11-13-7-3-1-4-8-13)19(29)21(31)16(20(18)30)27(37-12-14-9-5-2-6-10-14)17-22(32)24(34)26(36)25(35)23(17)33/h1-10,27H,11-12H2. The molecule has 4 aromatic rings. The number of hydrogen-bond donors (Lipinski definition) is 0. The first-order valence-corrected chi connectivity index (χ1v) is 10.7. The van der Waals surface area contributed by atoms with E-state index < -0.39 is 88.2 Å². The van der Waals surface area contributed by atoms with E-state index in [0.29, 0.717) is 0 Å². The maximum Gasteiger partial charge on any atom is 0.200 e. The van der Waals surface area contributed by atoms with Gasteiger partial charge in [0.2, 0.25) is 5.82 Å². The van der Waals surface area contributed by atoms with E-state index in [1.165, 1.54) is 48.5 Å². The lowest BCUT2D eigenvalue weighted by Crippen LogP contribution is -2.20. The number of hydrogen-bond acceptors (Lipinski definition) is 1. The van der Waals surface area contributed by atoms with Crippen LogP contribution >= 0.6 is 0 Å². The van der Waals surface area contributed by atoms with Crippen molar-refractivity contribution in [1.29, 1.82) is 0 Å². The predicted octanol–water partition coefficient (Wildman–Crippen LogP) is 7.84. The monoisotopic (exact) mass is 526 g/mol. The normalized spacial score (nSPS) is 12.1. The Kier molecular flexibility index (Phi) is 7.58. The highest BCUT2D eigenvalue weighted by molar-refractivity contribution is 5.40. The van der Waals surface area contributed by atoms with Crippen LogP contribution in [0.25, 0.3) is 0 Å². The molecule has 0 N–H and O–H groups in total. The summed E-state index contributed by atoms with van der Waals surface area (Å²) < 4.78 is 137. The first-order chi connectivity index (χ1) is 17.6. The number of ether oxygens (including phenoxy) is 1. The molecule has 0 saturated heterocycles. The van der Waals surface area contributed by atoms with E-state index >= 15 is 17.6 Å². The highest BCUT2D eigenvalue weighted by Crippen LogP contribution is 2.39.